The molecule has 5 rings (SSSR count). The number of nitrogens with zero attached hydrogens (tertiary/aromatic N) is 1. The zero-order chi connectivity index (χ0) is 25.3. The van der Waals surface area contributed by atoms with Crippen molar-refractivity contribution in [1.82, 2.24) is 20.6 Å². The van der Waals surface area contributed by atoms with Crippen LogP contribution in [0.3, 0.4) is 0 Å². The zero-order valence-electron chi connectivity index (χ0n) is 21.6. The summed E-state index contributed by atoms with van der Waals surface area (Å²) in [5, 5.41) is 6.04. The SMILES string of the molecule is CCNC(=O)[C@H](NC(=O)C1(c2ccc3nc(C[C@]4(S)CC[C@@H](C)CC4)[nH]c3c2)CCOC1)C1CCC1. The van der Waals surface area contributed by atoms with E-state index in [9.17, 15) is 9.59 Å². The molecule has 1 unspecified atom stereocenters. The number of ether oxygens (including phenoxy) is 1. The molecule has 0 radical (unpaired) electrons. The van der Waals surface area contributed by atoms with Crippen LogP contribution >= 0.6 is 12.6 Å². The van der Waals surface area contributed by atoms with Gasteiger partial charge in [-0.25, -0.2) is 4.98 Å². The number of H-pyrrole nitrogens is 1. The molecule has 1 aliphatic heterocycles. The quantitative estimate of drug-likeness (QED) is 0.401. The second-order valence-electron chi connectivity index (χ2n) is 11.4. The van der Waals surface area contributed by atoms with Gasteiger partial charge in [0, 0.05) is 24.3 Å². The molecular weight excluding hydrogens is 472 g/mol. The van der Waals surface area contributed by atoms with E-state index in [1.165, 1.54) is 12.8 Å². The molecule has 1 aromatic carbocycles. The summed E-state index contributed by atoms with van der Waals surface area (Å²) in [5.74, 6) is 1.73. The van der Waals surface area contributed by atoms with Crippen molar-refractivity contribution in [3.05, 3.63) is 29.6 Å². The number of nitrogens with one attached hydrogen (secondary N) is 3. The first-order valence-corrected chi connectivity index (χ1v) is 14.1. The van der Waals surface area contributed by atoms with Crippen LogP contribution in [-0.4, -0.2) is 52.3 Å². The molecule has 2 aromatic rings. The molecule has 3 fully saturated rings. The first-order valence-electron chi connectivity index (χ1n) is 13.7. The van der Waals surface area contributed by atoms with E-state index in [-0.39, 0.29) is 22.5 Å². The van der Waals surface area contributed by atoms with Crippen LogP contribution in [0.25, 0.3) is 11.0 Å². The van der Waals surface area contributed by atoms with E-state index < -0.39 is 11.5 Å². The summed E-state index contributed by atoms with van der Waals surface area (Å²) in [6.45, 7) is 5.62. The predicted molar refractivity (Wildman–Crippen MR) is 144 cm³/mol. The first kappa shape index (κ1) is 25.6. The van der Waals surface area contributed by atoms with E-state index in [1.54, 1.807) is 0 Å². The van der Waals surface area contributed by atoms with Crippen LogP contribution < -0.4 is 10.6 Å². The number of fused-ring (bicyclic) bond motifs is 1. The van der Waals surface area contributed by atoms with Gasteiger partial charge in [0.15, 0.2) is 0 Å². The van der Waals surface area contributed by atoms with Crippen molar-refractivity contribution < 1.29 is 14.3 Å². The van der Waals surface area contributed by atoms with Crippen molar-refractivity contribution in [3.8, 4) is 0 Å². The van der Waals surface area contributed by atoms with Gasteiger partial charge in [-0.15, -0.1) is 0 Å². The minimum Gasteiger partial charge on any atom is -0.380 e. The molecule has 2 heterocycles. The summed E-state index contributed by atoms with van der Waals surface area (Å²) >= 11 is 5.05. The molecule has 2 amide bonds. The fourth-order valence-electron chi connectivity index (χ4n) is 6.07. The third kappa shape index (κ3) is 5.03. The van der Waals surface area contributed by atoms with Crippen molar-refractivity contribution in [2.75, 3.05) is 19.8 Å². The maximum absolute atomic E-state index is 13.8. The Balaban J connectivity index is 1.38. The first-order chi connectivity index (χ1) is 17.3. The maximum atomic E-state index is 13.8. The minimum absolute atomic E-state index is 0.0147. The Morgan fingerprint density at radius 1 is 1.22 bits per heavy atom. The van der Waals surface area contributed by atoms with E-state index in [1.807, 2.05) is 19.1 Å². The van der Waals surface area contributed by atoms with Gasteiger partial charge in [0.1, 0.15) is 11.9 Å². The topological polar surface area (TPSA) is 96.1 Å². The highest BCUT2D eigenvalue weighted by Gasteiger charge is 2.46. The largest absolute Gasteiger partial charge is 0.380 e. The highest BCUT2D eigenvalue weighted by atomic mass is 32.1. The maximum Gasteiger partial charge on any atom is 0.242 e. The Kier molecular flexibility index (Phi) is 7.37. The molecule has 1 aromatic heterocycles. The van der Waals surface area contributed by atoms with E-state index in [0.717, 1.165) is 66.9 Å². The molecular formula is C28H40N4O3S. The zero-order valence-corrected chi connectivity index (χ0v) is 22.5. The predicted octanol–water partition coefficient (Wildman–Crippen LogP) is 4.06. The van der Waals surface area contributed by atoms with Gasteiger partial charge in [-0.3, -0.25) is 9.59 Å². The summed E-state index contributed by atoms with van der Waals surface area (Å²) in [4.78, 5) is 34.9. The van der Waals surface area contributed by atoms with Crippen molar-refractivity contribution in [2.24, 2.45) is 11.8 Å². The van der Waals surface area contributed by atoms with Crippen molar-refractivity contribution in [1.29, 1.82) is 0 Å². The van der Waals surface area contributed by atoms with Crippen LogP contribution in [0.1, 0.15) is 76.6 Å². The number of hydrogen-bond acceptors (Lipinski definition) is 5. The Labute approximate surface area is 219 Å². The number of thiol groups is 1. The lowest BCUT2D eigenvalue weighted by atomic mass is 9.76. The molecule has 2 saturated carbocycles. The number of imidazole rings is 1. The molecule has 1 saturated heterocycles. The molecule has 2 atom stereocenters. The van der Waals surface area contributed by atoms with E-state index in [4.69, 9.17) is 22.3 Å². The van der Waals surface area contributed by atoms with E-state index >= 15 is 0 Å². The van der Waals surface area contributed by atoms with E-state index in [0.29, 0.717) is 26.2 Å². The Morgan fingerprint density at radius 3 is 2.64 bits per heavy atom. The minimum atomic E-state index is -0.807. The average molecular weight is 513 g/mol. The van der Waals surface area contributed by atoms with Crippen molar-refractivity contribution in [3.63, 3.8) is 0 Å². The number of benzene rings is 1. The normalized spacial score (nSPS) is 29.6. The van der Waals surface area contributed by atoms with Gasteiger partial charge in [0.05, 0.1) is 23.1 Å². The van der Waals surface area contributed by atoms with Gasteiger partial charge in [-0.1, -0.05) is 19.4 Å². The number of likely N-dealkylation sites (N-methyl/N-ethyl adjacent to an activating group) is 1. The molecule has 196 valence electrons. The average Bonchev–Trinajstić information content (AvgIpc) is 3.46. The molecule has 2 aliphatic carbocycles. The standard InChI is InChI=1S/C28H40N4O3S/c1-3-29-25(33)24(19-5-4-6-19)32-26(34)28(13-14-35-17-28)20-7-8-21-22(15-20)31-23(30-21)16-27(36)11-9-18(2)10-12-27/h7-8,15,18-19,24,36H,3-6,9-14,16-17H2,1-2H3,(H,29,33)(H,30,31)(H,32,34)/t18-,24-,27+,28?/m1/s1. The van der Waals surface area contributed by atoms with Gasteiger partial charge in [-0.2, -0.15) is 12.6 Å². The van der Waals surface area contributed by atoms with Gasteiger partial charge < -0.3 is 20.4 Å². The van der Waals surface area contributed by atoms with Crippen LogP contribution in [0, 0.1) is 11.8 Å². The Bertz CT molecular complexity index is 1100. The number of amides is 2. The second kappa shape index (κ2) is 10.4. The third-order valence-electron chi connectivity index (χ3n) is 8.78. The number of hydrogen-bond donors (Lipinski definition) is 4. The Morgan fingerprint density at radius 2 is 2.00 bits per heavy atom. The molecule has 8 heteroatoms. The lowest BCUT2D eigenvalue weighted by Gasteiger charge is -2.36. The fourth-order valence-corrected chi connectivity index (χ4v) is 6.48. The molecule has 3 aliphatic rings. The Hall–Kier alpha value is -2.06. The van der Waals surface area contributed by atoms with E-state index in [2.05, 4.69) is 28.6 Å². The molecule has 0 bridgehead atoms. The number of rotatable bonds is 8. The molecule has 0 spiro atoms. The van der Waals surface area contributed by atoms with Crippen LogP contribution in [0.5, 0.6) is 0 Å². The van der Waals surface area contributed by atoms with Crippen LogP contribution in [0.15, 0.2) is 18.2 Å². The summed E-state index contributed by atoms with van der Waals surface area (Å²) in [5.41, 5.74) is 1.94. The monoisotopic (exact) mass is 512 g/mol. The van der Waals surface area contributed by atoms with Gasteiger partial charge in [0.2, 0.25) is 11.8 Å². The summed E-state index contributed by atoms with van der Waals surface area (Å²) < 4.78 is 5.75. The number of carbonyl (C=O) groups is 2. The molecule has 36 heavy (non-hydrogen) atoms. The van der Waals surface area contributed by atoms with Crippen molar-refractivity contribution >= 4 is 35.5 Å². The smallest absolute Gasteiger partial charge is 0.242 e. The fraction of sp³-hybridized carbons (Fsp3) is 0.679. The van der Waals surface area contributed by atoms with Crippen LogP contribution in [0.4, 0.5) is 0 Å². The summed E-state index contributed by atoms with van der Waals surface area (Å²) in [6, 6.07) is 5.57. The lowest BCUT2D eigenvalue weighted by molar-refractivity contribution is -0.134. The lowest BCUT2D eigenvalue weighted by Crippen LogP contribution is -2.57. The molecule has 7 nitrogen and oxygen atoms in total. The highest BCUT2D eigenvalue weighted by Crippen LogP contribution is 2.40. The third-order valence-corrected chi connectivity index (χ3v) is 9.39. The number of aromatic nitrogens is 2. The van der Waals surface area contributed by atoms with Gasteiger partial charge in [-0.05, 0) is 81.4 Å². The summed E-state index contributed by atoms with van der Waals surface area (Å²) in [7, 11) is 0. The van der Waals surface area contributed by atoms with Gasteiger partial charge in [0.25, 0.3) is 0 Å². The molecule has 3 N–H and O–H groups in total. The second-order valence-corrected chi connectivity index (χ2v) is 12.4. The van der Waals surface area contributed by atoms with Crippen molar-refractivity contribution in [2.45, 2.75) is 87.8 Å². The summed E-state index contributed by atoms with van der Waals surface area (Å²) in [6.07, 6.45) is 9.10. The number of aromatic amines is 1. The number of carbonyl (C=O) groups excluding carboxylic acids is 2. The van der Waals surface area contributed by atoms with Gasteiger partial charge >= 0.3 is 0 Å². The van der Waals surface area contributed by atoms with Crippen LogP contribution in [-0.2, 0) is 26.2 Å². The highest BCUT2D eigenvalue weighted by molar-refractivity contribution is 7.81. The van der Waals surface area contributed by atoms with Crippen LogP contribution in [0.2, 0.25) is 0 Å².